The minimum atomic E-state index is 0.128. The molecule has 0 unspecified atom stereocenters. The Kier molecular flexibility index (Phi) is 4.37. The van der Waals surface area contributed by atoms with Crippen LogP contribution in [0.4, 0.5) is 5.95 Å². The van der Waals surface area contributed by atoms with Crippen LogP contribution >= 0.6 is 22.6 Å². The van der Waals surface area contributed by atoms with Crippen LogP contribution in [0.5, 0.6) is 0 Å². The second-order valence-electron chi connectivity index (χ2n) is 2.50. The second-order valence-corrected chi connectivity index (χ2v) is 3.75. The third-order valence-corrected chi connectivity index (χ3v) is 2.20. The van der Waals surface area contributed by atoms with Gasteiger partial charge >= 0.3 is 0 Å². The maximum atomic E-state index is 8.78. The average molecular weight is 293 g/mol. The molecule has 1 heterocycles. The predicted octanol–water partition coefficient (Wildman–Crippen LogP) is 0.900. The molecule has 0 aromatic carbocycles. The number of likely N-dealkylation sites (N-methyl/N-ethyl adjacent to an activating group) is 1. The molecule has 0 amide bonds. The molecule has 0 radical (unpaired) electrons. The standard InChI is InChI=1S/C8H12IN3O/c1-2-12(3-4-13)8-10-5-7(9)6-11-8/h5-6,13H,2-4H2,1H3. The van der Waals surface area contributed by atoms with Crippen molar-refractivity contribution in [2.75, 3.05) is 24.6 Å². The van der Waals surface area contributed by atoms with Crippen LogP contribution in [0.2, 0.25) is 0 Å². The summed E-state index contributed by atoms with van der Waals surface area (Å²) in [6, 6.07) is 0. The van der Waals surface area contributed by atoms with Crippen LogP contribution in [0.1, 0.15) is 6.92 Å². The van der Waals surface area contributed by atoms with Crippen molar-refractivity contribution in [2.45, 2.75) is 6.92 Å². The summed E-state index contributed by atoms with van der Waals surface area (Å²) in [6.07, 6.45) is 3.53. The molecule has 13 heavy (non-hydrogen) atoms. The summed E-state index contributed by atoms with van der Waals surface area (Å²) in [5.41, 5.74) is 0. The number of nitrogens with zero attached hydrogens (tertiary/aromatic N) is 3. The molecular formula is C8H12IN3O. The van der Waals surface area contributed by atoms with E-state index in [1.54, 1.807) is 12.4 Å². The number of aliphatic hydroxyl groups is 1. The number of aromatic nitrogens is 2. The topological polar surface area (TPSA) is 49.2 Å². The Balaban J connectivity index is 2.73. The molecule has 0 saturated heterocycles. The molecule has 0 atom stereocenters. The first kappa shape index (κ1) is 10.6. The fourth-order valence-electron chi connectivity index (χ4n) is 0.989. The van der Waals surface area contributed by atoms with Gasteiger partial charge in [-0.25, -0.2) is 9.97 Å². The first-order chi connectivity index (χ1) is 6.27. The van der Waals surface area contributed by atoms with Gasteiger partial charge in [0.2, 0.25) is 5.95 Å². The Morgan fingerprint density at radius 3 is 2.54 bits per heavy atom. The van der Waals surface area contributed by atoms with Crippen molar-refractivity contribution in [3.05, 3.63) is 16.0 Å². The van der Waals surface area contributed by atoms with E-state index in [1.807, 2.05) is 11.8 Å². The molecule has 0 aliphatic rings. The summed E-state index contributed by atoms with van der Waals surface area (Å²) in [6.45, 7) is 3.53. The molecule has 1 rings (SSSR count). The van der Waals surface area contributed by atoms with Crippen molar-refractivity contribution in [3.8, 4) is 0 Å². The number of anilines is 1. The van der Waals surface area contributed by atoms with E-state index in [0.29, 0.717) is 12.5 Å². The van der Waals surface area contributed by atoms with E-state index in [-0.39, 0.29) is 6.61 Å². The Hall–Kier alpha value is -0.430. The number of hydrogen-bond donors (Lipinski definition) is 1. The summed E-state index contributed by atoms with van der Waals surface area (Å²) < 4.78 is 1.02. The monoisotopic (exact) mass is 293 g/mol. The van der Waals surface area contributed by atoms with Crippen LogP contribution in [0.25, 0.3) is 0 Å². The minimum Gasteiger partial charge on any atom is -0.395 e. The first-order valence-corrected chi connectivity index (χ1v) is 5.19. The molecule has 0 saturated carbocycles. The van der Waals surface area contributed by atoms with Gasteiger partial charge in [0.1, 0.15) is 0 Å². The van der Waals surface area contributed by atoms with Crippen molar-refractivity contribution in [2.24, 2.45) is 0 Å². The van der Waals surface area contributed by atoms with Gasteiger partial charge in [0.25, 0.3) is 0 Å². The average Bonchev–Trinajstić information content (AvgIpc) is 2.16. The Morgan fingerprint density at radius 1 is 1.46 bits per heavy atom. The van der Waals surface area contributed by atoms with Crippen LogP contribution in [0, 0.1) is 3.57 Å². The summed E-state index contributed by atoms with van der Waals surface area (Å²) in [4.78, 5) is 10.3. The van der Waals surface area contributed by atoms with E-state index in [0.717, 1.165) is 10.1 Å². The lowest BCUT2D eigenvalue weighted by Gasteiger charge is -2.18. The lowest BCUT2D eigenvalue weighted by Crippen LogP contribution is -2.27. The van der Waals surface area contributed by atoms with Gasteiger partial charge in [0, 0.05) is 29.1 Å². The molecule has 0 aliphatic carbocycles. The van der Waals surface area contributed by atoms with Gasteiger partial charge in [-0.3, -0.25) is 0 Å². The quantitative estimate of drug-likeness (QED) is 0.838. The van der Waals surface area contributed by atoms with E-state index >= 15 is 0 Å². The largest absolute Gasteiger partial charge is 0.395 e. The van der Waals surface area contributed by atoms with Crippen molar-refractivity contribution in [3.63, 3.8) is 0 Å². The van der Waals surface area contributed by atoms with Crippen LogP contribution in [0.15, 0.2) is 12.4 Å². The number of halogens is 1. The Bertz CT molecular complexity index is 252. The van der Waals surface area contributed by atoms with Crippen molar-refractivity contribution >= 4 is 28.5 Å². The van der Waals surface area contributed by atoms with Gasteiger partial charge in [-0.1, -0.05) is 0 Å². The third-order valence-electron chi connectivity index (χ3n) is 1.64. The lowest BCUT2D eigenvalue weighted by atomic mass is 10.5. The van der Waals surface area contributed by atoms with Crippen molar-refractivity contribution < 1.29 is 5.11 Å². The van der Waals surface area contributed by atoms with E-state index < -0.39 is 0 Å². The first-order valence-electron chi connectivity index (χ1n) is 4.11. The predicted molar refractivity (Wildman–Crippen MR) is 59.7 cm³/mol. The highest BCUT2D eigenvalue weighted by molar-refractivity contribution is 14.1. The zero-order valence-electron chi connectivity index (χ0n) is 7.44. The number of hydrogen-bond acceptors (Lipinski definition) is 4. The zero-order valence-corrected chi connectivity index (χ0v) is 9.60. The molecule has 0 fully saturated rings. The van der Waals surface area contributed by atoms with Gasteiger partial charge in [-0.05, 0) is 29.5 Å². The van der Waals surface area contributed by atoms with Crippen molar-refractivity contribution in [1.82, 2.24) is 9.97 Å². The number of aliphatic hydroxyl groups excluding tert-OH is 1. The lowest BCUT2D eigenvalue weighted by molar-refractivity contribution is 0.301. The van der Waals surface area contributed by atoms with E-state index in [9.17, 15) is 0 Å². The minimum absolute atomic E-state index is 0.128. The highest BCUT2D eigenvalue weighted by Gasteiger charge is 2.05. The SMILES string of the molecule is CCN(CCO)c1ncc(I)cn1. The highest BCUT2D eigenvalue weighted by Crippen LogP contribution is 2.07. The molecule has 72 valence electrons. The van der Waals surface area contributed by atoms with E-state index in [4.69, 9.17) is 5.11 Å². The summed E-state index contributed by atoms with van der Waals surface area (Å²) in [5, 5.41) is 8.78. The zero-order chi connectivity index (χ0) is 9.68. The summed E-state index contributed by atoms with van der Waals surface area (Å²) >= 11 is 2.16. The third kappa shape index (κ3) is 3.07. The van der Waals surface area contributed by atoms with Crippen LogP contribution in [-0.2, 0) is 0 Å². The molecule has 1 aromatic rings. The molecule has 0 bridgehead atoms. The summed E-state index contributed by atoms with van der Waals surface area (Å²) in [5.74, 6) is 0.678. The van der Waals surface area contributed by atoms with Gasteiger partial charge in [0.15, 0.2) is 0 Å². The van der Waals surface area contributed by atoms with E-state index in [1.165, 1.54) is 0 Å². The second kappa shape index (κ2) is 5.33. The fourth-order valence-corrected chi connectivity index (χ4v) is 1.27. The molecule has 1 aromatic heterocycles. The highest BCUT2D eigenvalue weighted by atomic mass is 127. The summed E-state index contributed by atoms with van der Waals surface area (Å²) in [7, 11) is 0. The van der Waals surface area contributed by atoms with Gasteiger partial charge in [-0.2, -0.15) is 0 Å². The smallest absolute Gasteiger partial charge is 0.225 e. The molecule has 4 nitrogen and oxygen atoms in total. The Labute approximate surface area is 91.1 Å². The van der Waals surface area contributed by atoms with Crippen LogP contribution in [0.3, 0.4) is 0 Å². The molecular weight excluding hydrogens is 281 g/mol. The molecule has 1 N–H and O–H groups in total. The maximum Gasteiger partial charge on any atom is 0.225 e. The maximum absolute atomic E-state index is 8.78. The van der Waals surface area contributed by atoms with Gasteiger partial charge in [-0.15, -0.1) is 0 Å². The normalized spacial score (nSPS) is 10.1. The fraction of sp³-hybridized carbons (Fsp3) is 0.500. The van der Waals surface area contributed by atoms with Crippen molar-refractivity contribution in [1.29, 1.82) is 0 Å². The molecule has 0 aliphatic heterocycles. The number of rotatable bonds is 4. The van der Waals surface area contributed by atoms with E-state index in [2.05, 4.69) is 32.6 Å². The molecule has 0 spiro atoms. The van der Waals surface area contributed by atoms with Crippen LogP contribution < -0.4 is 4.90 Å². The van der Waals surface area contributed by atoms with Gasteiger partial charge < -0.3 is 10.0 Å². The van der Waals surface area contributed by atoms with Crippen LogP contribution in [-0.4, -0.2) is 34.8 Å². The Morgan fingerprint density at radius 2 is 2.08 bits per heavy atom. The van der Waals surface area contributed by atoms with Gasteiger partial charge in [0.05, 0.1) is 6.61 Å². The molecule has 5 heteroatoms.